The minimum Gasteiger partial charge on any atom is -0.466 e. The number of halogens is 1. The first-order chi connectivity index (χ1) is 12.5. The van der Waals surface area contributed by atoms with Gasteiger partial charge in [-0.25, -0.2) is 9.59 Å². The summed E-state index contributed by atoms with van der Waals surface area (Å²) in [6.45, 7) is 4.69. The maximum atomic E-state index is 12.5. The Balaban J connectivity index is 1.96. The molecule has 0 bridgehead atoms. The van der Waals surface area contributed by atoms with Gasteiger partial charge in [-0.15, -0.1) is 0 Å². The van der Waals surface area contributed by atoms with Crippen molar-refractivity contribution in [3.05, 3.63) is 46.1 Å². The molecule has 2 amide bonds. The number of carbonyl (C=O) groups is 2. The number of ether oxygens (including phenoxy) is 1. The third-order valence-electron chi connectivity index (χ3n) is 5.01. The van der Waals surface area contributed by atoms with E-state index in [1.807, 2.05) is 18.2 Å². The van der Waals surface area contributed by atoms with Crippen LogP contribution < -0.4 is 20.4 Å². The van der Waals surface area contributed by atoms with Crippen LogP contribution in [0.1, 0.15) is 11.6 Å². The molecule has 1 atom stereocenters. The van der Waals surface area contributed by atoms with Crippen LogP contribution in [-0.4, -0.2) is 58.9 Å². The van der Waals surface area contributed by atoms with E-state index in [1.54, 1.807) is 6.07 Å². The largest absolute Gasteiger partial charge is 0.466 e. The molecule has 0 aromatic heterocycles. The highest BCUT2D eigenvalue weighted by atomic mass is 35.5. The van der Waals surface area contributed by atoms with Crippen molar-refractivity contribution in [2.75, 3.05) is 46.9 Å². The molecule has 1 saturated heterocycles. The highest BCUT2D eigenvalue weighted by molar-refractivity contribution is 6.31. The predicted octanol–water partition coefficient (Wildman–Crippen LogP) is -1.47. The number of quaternary nitrogens is 2. The lowest BCUT2D eigenvalue weighted by atomic mass is 9.95. The van der Waals surface area contributed by atoms with E-state index >= 15 is 0 Å². The van der Waals surface area contributed by atoms with Crippen LogP contribution in [-0.2, 0) is 9.53 Å². The van der Waals surface area contributed by atoms with E-state index in [1.165, 1.54) is 16.9 Å². The molecule has 0 saturated carbocycles. The topological polar surface area (TPSA) is 76.3 Å². The molecule has 1 fully saturated rings. The maximum absolute atomic E-state index is 12.5. The summed E-state index contributed by atoms with van der Waals surface area (Å²) < 4.78 is 5.01. The molecule has 140 valence electrons. The fourth-order valence-electron chi connectivity index (χ4n) is 3.51. The van der Waals surface area contributed by atoms with Gasteiger partial charge in [0.05, 0.1) is 31.5 Å². The summed E-state index contributed by atoms with van der Waals surface area (Å²) in [7, 11) is 3.52. The van der Waals surface area contributed by atoms with Gasteiger partial charge in [0.1, 0.15) is 32.7 Å². The van der Waals surface area contributed by atoms with Crippen molar-refractivity contribution in [2.45, 2.75) is 6.04 Å². The van der Waals surface area contributed by atoms with Crippen molar-refractivity contribution in [2.24, 2.45) is 0 Å². The molecule has 8 heteroatoms. The molecule has 2 aliphatic rings. The van der Waals surface area contributed by atoms with E-state index in [0.717, 1.165) is 26.2 Å². The van der Waals surface area contributed by atoms with Crippen LogP contribution in [0.4, 0.5) is 4.79 Å². The molecular formula is C18H25ClN4O3+2. The van der Waals surface area contributed by atoms with Crippen molar-refractivity contribution in [1.29, 1.82) is 0 Å². The Kier molecular flexibility index (Phi) is 5.80. The average Bonchev–Trinajstić information content (AvgIpc) is 2.63. The van der Waals surface area contributed by atoms with Gasteiger partial charge in [0, 0.05) is 5.02 Å². The molecule has 1 aromatic carbocycles. The second-order valence-corrected chi connectivity index (χ2v) is 7.23. The molecule has 0 aliphatic carbocycles. The third kappa shape index (κ3) is 4.00. The molecule has 7 nitrogen and oxygen atoms in total. The van der Waals surface area contributed by atoms with Gasteiger partial charge < -0.3 is 25.2 Å². The minimum atomic E-state index is -0.627. The fourth-order valence-corrected chi connectivity index (χ4v) is 3.75. The summed E-state index contributed by atoms with van der Waals surface area (Å²) in [5.41, 5.74) is 1.71. The van der Waals surface area contributed by atoms with Crippen LogP contribution in [0.3, 0.4) is 0 Å². The van der Waals surface area contributed by atoms with E-state index in [4.69, 9.17) is 16.3 Å². The molecule has 2 aliphatic heterocycles. The monoisotopic (exact) mass is 380 g/mol. The molecule has 0 unspecified atom stereocenters. The number of nitrogens with one attached hydrogen (secondary N) is 4. The van der Waals surface area contributed by atoms with Gasteiger partial charge in [-0.3, -0.25) is 0 Å². The normalized spacial score (nSPS) is 26.1. The third-order valence-corrected chi connectivity index (χ3v) is 5.36. The first kappa shape index (κ1) is 18.7. The van der Waals surface area contributed by atoms with Crippen molar-refractivity contribution in [3.63, 3.8) is 0 Å². The van der Waals surface area contributed by atoms with Gasteiger partial charge in [-0.05, 0) is 11.6 Å². The van der Waals surface area contributed by atoms with E-state index in [9.17, 15) is 9.59 Å². The number of esters is 1. The summed E-state index contributed by atoms with van der Waals surface area (Å²) >= 11 is 6.32. The lowest BCUT2D eigenvalue weighted by Crippen LogP contribution is -3.27. The Bertz CT molecular complexity index is 729. The number of piperazine rings is 1. The second kappa shape index (κ2) is 8.07. The number of likely N-dealkylation sites (N-methyl/N-ethyl adjacent to an activating group) is 1. The van der Waals surface area contributed by atoms with Crippen LogP contribution in [0, 0.1) is 0 Å². The molecule has 3 rings (SSSR count). The lowest BCUT2D eigenvalue weighted by molar-refractivity contribution is -1.00. The smallest absolute Gasteiger partial charge is 0.338 e. The zero-order valence-corrected chi connectivity index (χ0v) is 15.8. The Morgan fingerprint density at radius 2 is 1.96 bits per heavy atom. The number of methoxy groups -OCH3 is 1. The van der Waals surface area contributed by atoms with Gasteiger partial charge >= 0.3 is 12.0 Å². The lowest BCUT2D eigenvalue weighted by Gasteiger charge is -2.32. The van der Waals surface area contributed by atoms with Crippen LogP contribution in [0.5, 0.6) is 0 Å². The van der Waals surface area contributed by atoms with Gasteiger partial charge in [-0.2, -0.15) is 0 Å². The van der Waals surface area contributed by atoms with E-state index < -0.39 is 12.0 Å². The number of amides is 2. The molecule has 2 heterocycles. The predicted molar refractivity (Wildman–Crippen MR) is 97.1 cm³/mol. The Hall–Kier alpha value is -2.09. The van der Waals surface area contributed by atoms with Gasteiger partial charge in [-0.1, -0.05) is 29.8 Å². The van der Waals surface area contributed by atoms with Crippen molar-refractivity contribution >= 4 is 23.6 Å². The fraction of sp³-hybridized carbons (Fsp3) is 0.444. The average molecular weight is 381 g/mol. The Labute approximate surface area is 157 Å². The number of carbonyl (C=O) groups excluding carboxylic acids is 2. The number of benzene rings is 1. The summed E-state index contributed by atoms with van der Waals surface area (Å²) in [6.07, 6.45) is 0. The van der Waals surface area contributed by atoms with Crippen molar-refractivity contribution < 1.29 is 24.1 Å². The van der Waals surface area contributed by atoms with E-state index in [2.05, 4.69) is 17.7 Å². The van der Waals surface area contributed by atoms with Crippen LogP contribution in [0.15, 0.2) is 35.5 Å². The molecule has 0 radical (unpaired) electrons. The van der Waals surface area contributed by atoms with Crippen molar-refractivity contribution in [1.82, 2.24) is 10.6 Å². The van der Waals surface area contributed by atoms with Crippen LogP contribution in [0.25, 0.3) is 0 Å². The summed E-state index contributed by atoms with van der Waals surface area (Å²) in [4.78, 5) is 27.6. The van der Waals surface area contributed by atoms with E-state index in [0.29, 0.717) is 28.4 Å². The second-order valence-electron chi connectivity index (χ2n) is 6.82. The van der Waals surface area contributed by atoms with Crippen LogP contribution in [0.2, 0.25) is 5.02 Å². The minimum absolute atomic E-state index is 0.336. The highest BCUT2D eigenvalue weighted by Gasteiger charge is 2.36. The Morgan fingerprint density at radius 3 is 2.62 bits per heavy atom. The van der Waals surface area contributed by atoms with Crippen LogP contribution >= 0.6 is 11.6 Å². The Morgan fingerprint density at radius 1 is 1.27 bits per heavy atom. The summed E-state index contributed by atoms with van der Waals surface area (Å²) in [5.74, 6) is -0.462. The first-order valence-electron chi connectivity index (χ1n) is 8.77. The van der Waals surface area contributed by atoms with Gasteiger partial charge in [0.25, 0.3) is 0 Å². The number of hydrogen-bond acceptors (Lipinski definition) is 3. The standard InChI is InChI=1S/C18H23ClN4O3/c1-22-7-9-23(10-8-22)11-14-15(17(24)26-2)16(21-18(25)20-14)12-5-3-4-6-13(12)19/h3-6,16H,7-11H2,1-2H3,(H2,20,21,25)/p+2/t16-/m1/s1. The first-order valence-corrected chi connectivity index (χ1v) is 9.15. The van der Waals surface area contributed by atoms with E-state index in [-0.39, 0.29) is 6.03 Å². The quantitative estimate of drug-likeness (QED) is 0.482. The summed E-state index contributed by atoms with van der Waals surface area (Å²) in [5, 5.41) is 6.12. The number of rotatable bonds is 4. The number of hydrogen-bond donors (Lipinski definition) is 4. The van der Waals surface area contributed by atoms with Gasteiger partial charge in [0.15, 0.2) is 0 Å². The van der Waals surface area contributed by atoms with Gasteiger partial charge in [0.2, 0.25) is 0 Å². The molecule has 0 spiro atoms. The molecule has 4 N–H and O–H groups in total. The zero-order chi connectivity index (χ0) is 18.7. The number of urea groups is 1. The summed E-state index contributed by atoms with van der Waals surface area (Å²) in [6, 6.07) is 6.24. The molecule has 26 heavy (non-hydrogen) atoms. The molecular weight excluding hydrogens is 356 g/mol. The SMILES string of the molecule is COC(=O)C1=C(C[NH+]2CC[NH+](C)CC2)NC(=O)N[C@@H]1c1ccccc1Cl. The maximum Gasteiger partial charge on any atom is 0.338 e. The highest BCUT2D eigenvalue weighted by Crippen LogP contribution is 2.31. The zero-order valence-electron chi connectivity index (χ0n) is 15.0. The van der Waals surface area contributed by atoms with Crippen molar-refractivity contribution in [3.8, 4) is 0 Å². The molecule has 1 aromatic rings.